The van der Waals surface area contributed by atoms with Gasteiger partial charge in [0.25, 0.3) is 0 Å². The van der Waals surface area contributed by atoms with Crippen molar-refractivity contribution in [1.29, 1.82) is 0 Å². The van der Waals surface area contributed by atoms with E-state index in [1.165, 1.54) is 6.07 Å². The summed E-state index contributed by atoms with van der Waals surface area (Å²) in [6, 6.07) is 8.85. The highest BCUT2D eigenvalue weighted by Gasteiger charge is 2.17. The maximum atomic E-state index is 13.9. The maximum absolute atomic E-state index is 13.9. The smallest absolute Gasteiger partial charge is 0.128 e. The Balaban J connectivity index is 2.30. The van der Waals surface area contributed by atoms with Crippen LogP contribution in [0, 0.1) is 12.7 Å². The van der Waals surface area contributed by atoms with E-state index >= 15 is 0 Å². The van der Waals surface area contributed by atoms with Crippen LogP contribution in [0.25, 0.3) is 0 Å². The Morgan fingerprint density at radius 3 is 2.81 bits per heavy atom. The van der Waals surface area contributed by atoms with E-state index in [1.54, 1.807) is 12.3 Å². The topological polar surface area (TPSA) is 50.9 Å². The summed E-state index contributed by atoms with van der Waals surface area (Å²) in [6.07, 6.45) is 3.31. The first-order valence-corrected chi connectivity index (χ1v) is 7.30. The molecule has 0 aliphatic carbocycles. The summed E-state index contributed by atoms with van der Waals surface area (Å²) in [5, 5.41) is 3.44. The molecule has 0 spiro atoms. The van der Waals surface area contributed by atoms with Gasteiger partial charge in [-0.25, -0.2) is 9.37 Å². The molecule has 1 heterocycles. The third-order valence-corrected chi connectivity index (χ3v) is 3.48. The zero-order valence-corrected chi connectivity index (χ0v) is 12.6. The first kappa shape index (κ1) is 15.4. The lowest BCUT2D eigenvalue weighted by atomic mass is 9.98. The van der Waals surface area contributed by atoms with Crippen LogP contribution in [0.2, 0.25) is 0 Å². The second-order valence-electron chi connectivity index (χ2n) is 5.29. The van der Waals surface area contributed by atoms with Crippen LogP contribution >= 0.6 is 0 Å². The number of nitrogens with one attached hydrogen (secondary N) is 1. The molecular weight excluding hydrogens is 265 g/mol. The van der Waals surface area contributed by atoms with Crippen LogP contribution in [-0.2, 0) is 6.42 Å². The number of hydrogen-bond acceptors (Lipinski definition) is 3. The molecule has 21 heavy (non-hydrogen) atoms. The Morgan fingerprint density at radius 2 is 2.10 bits per heavy atom. The first-order chi connectivity index (χ1) is 10.1. The molecule has 1 aromatic carbocycles. The van der Waals surface area contributed by atoms with Gasteiger partial charge >= 0.3 is 0 Å². The summed E-state index contributed by atoms with van der Waals surface area (Å²) >= 11 is 0. The normalized spacial score (nSPS) is 12.3. The molecule has 3 N–H and O–H groups in total. The van der Waals surface area contributed by atoms with Crippen molar-refractivity contribution < 1.29 is 4.39 Å². The Hall–Kier alpha value is -1.94. The largest absolute Gasteiger partial charge is 0.383 e. The third-order valence-electron chi connectivity index (χ3n) is 3.48. The molecule has 0 saturated carbocycles. The van der Waals surface area contributed by atoms with Crippen molar-refractivity contribution in [2.24, 2.45) is 0 Å². The monoisotopic (exact) mass is 287 g/mol. The molecular formula is C17H22FN3. The van der Waals surface area contributed by atoms with E-state index in [1.807, 2.05) is 25.1 Å². The van der Waals surface area contributed by atoms with Crippen molar-refractivity contribution in [1.82, 2.24) is 10.3 Å². The van der Waals surface area contributed by atoms with Gasteiger partial charge in [0.15, 0.2) is 0 Å². The molecule has 0 bridgehead atoms. The molecule has 1 unspecified atom stereocenters. The van der Waals surface area contributed by atoms with Gasteiger partial charge in [-0.2, -0.15) is 0 Å². The molecule has 0 aliphatic heterocycles. The molecule has 0 saturated heterocycles. The third kappa shape index (κ3) is 4.02. The molecule has 0 fully saturated rings. The van der Waals surface area contributed by atoms with Crippen LogP contribution in [0.1, 0.15) is 36.1 Å². The standard InChI is InChI=1S/C17H22FN3/c1-3-8-20-16(10-13-6-4-5-7-15(13)18)14-9-12(2)11-21-17(14)19/h4-7,9,11,16,20H,3,8,10H2,1-2H3,(H2,19,21). The first-order valence-electron chi connectivity index (χ1n) is 7.30. The van der Waals surface area contributed by atoms with Gasteiger partial charge in [-0.05, 0) is 49.6 Å². The van der Waals surface area contributed by atoms with Crippen LogP contribution in [0.3, 0.4) is 0 Å². The number of hydrogen-bond donors (Lipinski definition) is 2. The predicted octanol–water partition coefficient (Wildman–Crippen LogP) is 3.39. The Morgan fingerprint density at radius 1 is 1.33 bits per heavy atom. The molecule has 0 amide bonds. The van der Waals surface area contributed by atoms with Crippen LogP contribution < -0.4 is 11.1 Å². The lowest BCUT2D eigenvalue weighted by Gasteiger charge is -2.21. The van der Waals surface area contributed by atoms with Gasteiger partial charge in [0, 0.05) is 17.8 Å². The summed E-state index contributed by atoms with van der Waals surface area (Å²) < 4.78 is 13.9. The van der Waals surface area contributed by atoms with Gasteiger partial charge in [-0.15, -0.1) is 0 Å². The van der Waals surface area contributed by atoms with Crippen LogP contribution in [-0.4, -0.2) is 11.5 Å². The number of pyridine rings is 1. The van der Waals surface area contributed by atoms with Crippen molar-refractivity contribution in [2.75, 3.05) is 12.3 Å². The average molecular weight is 287 g/mol. The average Bonchev–Trinajstić information content (AvgIpc) is 2.48. The van der Waals surface area contributed by atoms with E-state index in [4.69, 9.17) is 5.73 Å². The zero-order valence-electron chi connectivity index (χ0n) is 12.6. The van der Waals surface area contributed by atoms with Gasteiger partial charge in [0.1, 0.15) is 11.6 Å². The number of aryl methyl sites for hydroxylation is 1. The molecule has 0 aliphatic rings. The minimum atomic E-state index is -0.181. The molecule has 2 aromatic rings. The fourth-order valence-electron chi connectivity index (χ4n) is 2.38. The number of rotatable bonds is 6. The highest BCUT2D eigenvalue weighted by Crippen LogP contribution is 2.24. The van der Waals surface area contributed by atoms with Crippen molar-refractivity contribution in [3.8, 4) is 0 Å². The minimum Gasteiger partial charge on any atom is -0.383 e. The number of aromatic nitrogens is 1. The van der Waals surface area contributed by atoms with Crippen molar-refractivity contribution in [2.45, 2.75) is 32.7 Å². The number of benzene rings is 1. The summed E-state index contributed by atoms with van der Waals surface area (Å²) in [4.78, 5) is 4.22. The molecule has 1 aromatic heterocycles. The van der Waals surface area contributed by atoms with E-state index in [2.05, 4.69) is 17.2 Å². The fourth-order valence-corrected chi connectivity index (χ4v) is 2.38. The second kappa shape index (κ2) is 7.18. The summed E-state index contributed by atoms with van der Waals surface area (Å²) in [6.45, 7) is 4.94. The van der Waals surface area contributed by atoms with Gasteiger partial charge in [0.2, 0.25) is 0 Å². The number of nitrogen functional groups attached to an aromatic ring is 1. The highest BCUT2D eigenvalue weighted by molar-refractivity contribution is 5.43. The van der Waals surface area contributed by atoms with Crippen molar-refractivity contribution >= 4 is 5.82 Å². The number of halogens is 1. The fraction of sp³-hybridized carbons (Fsp3) is 0.353. The van der Waals surface area contributed by atoms with Gasteiger partial charge in [-0.3, -0.25) is 0 Å². The Labute approximate surface area is 125 Å². The van der Waals surface area contributed by atoms with Crippen LogP contribution in [0.4, 0.5) is 10.2 Å². The van der Waals surface area contributed by atoms with E-state index < -0.39 is 0 Å². The van der Waals surface area contributed by atoms with Crippen molar-refractivity contribution in [3.63, 3.8) is 0 Å². The predicted molar refractivity (Wildman–Crippen MR) is 84.5 cm³/mol. The quantitative estimate of drug-likeness (QED) is 0.856. The van der Waals surface area contributed by atoms with Gasteiger partial charge < -0.3 is 11.1 Å². The summed E-state index contributed by atoms with van der Waals surface area (Å²) in [5.74, 6) is 0.325. The molecule has 2 rings (SSSR count). The zero-order chi connectivity index (χ0) is 15.2. The number of anilines is 1. The van der Waals surface area contributed by atoms with E-state index in [0.29, 0.717) is 17.8 Å². The Bertz CT molecular complexity index is 598. The molecule has 1 atom stereocenters. The SMILES string of the molecule is CCCNC(Cc1ccccc1F)c1cc(C)cnc1N. The van der Waals surface area contributed by atoms with E-state index in [-0.39, 0.29) is 11.9 Å². The van der Waals surface area contributed by atoms with E-state index in [0.717, 1.165) is 24.1 Å². The molecule has 4 heteroatoms. The Kier molecular flexibility index (Phi) is 5.28. The molecule has 112 valence electrons. The highest BCUT2D eigenvalue weighted by atomic mass is 19.1. The maximum Gasteiger partial charge on any atom is 0.128 e. The molecule has 0 radical (unpaired) electrons. The minimum absolute atomic E-state index is 0.0331. The van der Waals surface area contributed by atoms with Gasteiger partial charge in [-0.1, -0.05) is 25.1 Å². The lowest BCUT2D eigenvalue weighted by molar-refractivity contribution is 0.513. The van der Waals surface area contributed by atoms with E-state index in [9.17, 15) is 4.39 Å². The molecule has 3 nitrogen and oxygen atoms in total. The number of nitrogens with zero attached hydrogens (tertiary/aromatic N) is 1. The van der Waals surface area contributed by atoms with Crippen molar-refractivity contribution in [3.05, 3.63) is 59.0 Å². The van der Waals surface area contributed by atoms with Gasteiger partial charge in [0.05, 0.1) is 0 Å². The summed E-state index contributed by atoms with van der Waals surface area (Å²) in [7, 11) is 0. The summed E-state index contributed by atoms with van der Waals surface area (Å²) in [5.41, 5.74) is 8.68. The lowest BCUT2D eigenvalue weighted by Crippen LogP contribution is -2.25. The second-order valence-corrected chi connectivity index (χ2v) is 5.29. The number of nitrogens with two attached hydrogens (primary N) is 1. The van der Waals surface area contributed by atoms with Crippen LogP contribution in [0.15, 0.2) is 36.5 Å². The van der Waals surface area contributed by atoms with Crippen LogP contribution in [0.5, 0.6) is 0 Å².